The predicted octanol–water partition coefficient (Wildman–Crippen LogP) is 3.18. The molecule has 1 nitrogen and oxygen atoms in total. The average molecular weight is 253 g/mol. The van der Waals surface area contributed by atoms with Crippen molar-refractivity contribution in [2.24, 2.45) is 5.73 Å². The second-order valence-electron chi connectivity index (χ2n) is 3.63. The molecule has 0 bridgehead atoms. The zero-order valence-electron chi connectivity index (χ0n) is 8.61. The first-order valence-corrected chi connectivity index (χ1v) is 5.12. The molecule has 90 valence electrons. The lowest BCUT2D eigenvalue weighted by atomic mass is 10.0. The molecule has 0 spiro atoms. The van der Waals surface area contributed by atoms with Gasteiger partial charge in [0.25, 0.3) is 11.6 Å². The van der Waals surface area contributed by atoms with E-state index < -0.39 is 22.7 Å². The van der Waals surface area contributed by atoms with E-state index >= 15 is 0 Å². The first-order valence-electron chi connectivity index (χ1n) is 4.54. The molecule has 0 saturated heterocycles. The first-order chi connectivity index (χ1) is 7.14. The van der Waals surface area contributed by atoms with E-state index in [1.165, 1.54) is 9.24 Å². The quantitative estimate of drug-likeness (QED) is 0.649. The Hall–Kier alpha value is -0.670. The smallest absolute Gasteiger partial charge is 0.283 e. The summed E-state index contributed by atoms with van der Waals surface area (Å²) in [4.78, 5) is 0. The van der Waals surface area contributed by atoms with Crippen molar-refractivity contribution in [3.8, 4) is 0 Å². The van der Waals surface area contributed by atoms with Gasteiger partial charge in [0, 0.05) is 24.6 Å². The van der Waals surface area contributed by atoms with Crippen LogP contribution in [0.4, 0.5) is 17.6 Å². The topological polar surface area (TPSA) is 26.0 Å². The summed E-state index contributed by atoms with van der Waals surface area (Å²) in [6, 6.07) is 3.06. The van der Waals surface area contributed by atoms with Crippen LogP contribution in [0.5, 0.6) is 0 Å². The van der Waals surface area contributed by atoms with Gasteiger partial charge < -0.3 is 5.73 Å². The maximum absolute atomic E-state index is 13.0. The number of halogens is 4. The second kappa shape index (κ2) is 4.30. The van der Waals surface area contributed by atoms with Crippen LogP contribution < -0.4 is 5.73 Å². The third-order valence-electron chi connectivity index (χ3n) is 2.12. The highest BCUT2D eigenvalue weighted by molar-refractivity contribution is 7.17. The lowest BCUT2D eigenvalue weighted by Gasteiger charge is -2.17. The predicted molar refractivity (Wildman–Crippen MR) is 57.5 cm³/mol. The third-order valence-corrected chi connectivity index (χ3v) is 2.45. The Morgan fingerprint density at radius 2 is 1.62 bits per heavy atom. The van der Waals surface area contributed by atoms with E-state index in [1.807, 2.05) is 0 Å². The van der Waals surface area contributed by atoms with Crippen molar-refractivity contribution >= 4 is 9.24 Å². The van der Waals surface area contributed by atoms with Gasteiger partial charge in [0.05, 0.1) is 0 Å². The first kappa shape index (κ1) is 13.4. The van der Waals surface area contributed by atoms with Gasteiger partial charge in [0.2, 0.25) is 0 Å². The summed E-state index contributed by atoms with van der Waals surface area (Å²) >= 11 is 0. The van der Waals surface area contributed by atoms with E-state index in [0.29, 0.717) is 6.92 Å². The highest BCUT2D eigenvalue weighted by atomic mass is 31.0. The summed E-state index contributed by atoms with van der Waals surface area (Å²) in [5.74, 6) is -3.16. The summed E-state index contributed by atoms with van der Waals surface area (Å²) < 4.78 is 52.1. The standard InChI is InChI=1S/C10H12F4NP/c1-9(11,12)7-2-6(5-15)3-8(4-7)10(13,14)16/h2-4H,5,15-16H2,1H3. The van der Waals surface area contributed by atoms with E-state index in [-0.39, 0.29) is 12.1 Å². The van der Waals surface area contributed by atoms with Gasteiger partial charge >= 0.3 is 0 Å². The monoisotopic (exact) mass is 253 g/mol. The molecule has 1 unspecified atom stereocenters. The van der Waals surface area contributed by atoms with Crippen LogP contribution in [0.25, 0.3) is 0 Å². The molecular formula is C10H12F4NP. The van der Waals surface area contributed by atoms with E-state index in [0.717, 1.165) is 18.2 Å². The molecule has 0 fully saturated rings. The SMILES string of the molecule is CC(F)(F)c1cc(CN)cc(C(F)(F)P)c1. The molecule has 0 amide bonds. The van der Waals surface area contributed by atoms with E-state index in [2.05, 4.69) is 0 Å². The molecular weight excluding hydrogens is 241 g/mol. The molecule has 1 aromatic carbocycles. The molecule has 0 aliphatic heterocycles. The van der Waals surface area contributed by atoms with Gasteiger partial charge in [-0.3, -0.25) is 0 Å². The van der Waals surface area contributed by atoms with Crippen molar-refractivity contribution in [2.75, 3.05) is 0 Å². The van der Waals surface area contributed by atoms with Gasteiger partial charge in [-0.1, -0.05) is 9.24 Å². The summed E-state index contributed by atoms with van der Waals surface area (Å²) in [7, 11) is 1.32. The molecule has 1 atom stereocenters. The van der Waals surface area contributed by atoms with Crippen LogP contribution in [-0.2, 0) is 18.1 Å². The van der Waals surface area contributed by atoms with Crippen molar-refractivity contribution in [1.82, 2.24) is 0 Å². The number of hydrogen-bond acceptors (Lipinski definition) is 1. The van der Waals surface area contributed by atoms with Crippen LogP contribution in [0.15, 0.2) is 18.2 Å². The normalized spacial score (nSPS) is 12.9. The third kappa shape index (κ3) is 3.16. The van der Waals surface area contributed by atoms with E-state index in [1.54, 1.807) is 0 Å². The molecule has 0 aliphatic rings. The molecule has 2 N–H and O–H groups in total. The van der Waals surface area contributed by atoms with Gasteiger partial charge in [0.1, 0.15) is 0 Å². The number of benzene rings is 1. The van der Waals surface area contributed by atoms with Crippen LogP contribution in [0.1, 0.15) is 23.6 Å². The summed E-state index contributed by atoms with van der Waals surface area (Å²) in [6.07, 6.45) is 0. The molecule has 0 saturated carbocycles. The van der Waals surface area contributed by atoms with Crippen LogP contribution >= 0.6 is 9.24 Å². The minimum absolute atomic E-state index is 0.0579. The Morgan fingerprint density at radius 1 is 1.12 bits per heavy atom. The van der Waals surface area contributed by atoms with E-state index in [4.69, 9.17) is 5.73 Å². The summed E-state index contributed by atoms with van der Waals surface area (Å²) in [5.41, 5.74) is 1.38. The molecule has 1 rings (SSSR count). The van der Waals surface area contributed by atoms with Crippen LogP contribution in [0.3, 0.4) is 0 Å². The Labute approximate surface area is 93.2 Å². The van der Waals surface area contributed by atoms with Gasteiger partial charge in [-0.15, -0.1) is 0 Å². The number of alkyl halides is 4. The number of rotatable bonds is 3. The van der Waals surface area contributed by atoms with Gasteiger partial charge in [0.15, 0.2) is 0 Å². The second-order valence-corrected chi connectivity index (χ2v) is 4.36. The average Bonchev–Trinajstić information content (AvgIpc) is 2.14. The minimum atomic E-state index is -3.23. The molecule has 0 heterocycles. The van der Waals surface area contributed by atoms with Crippen LogP contribution in [0.2, 0.25) is 0 Å². The summed E-state index contributed by atoms with van der Waals surface area (Å²) in [5, 5.41) is 0. The van der Waals surface area contributed by atoms with Crippen LogP contribution in [0, 0.1) is 0 Å². The number of nitrogens with two attached hydrogens (primary N) is 1. The zero-order chi connectivity index (χ0) is 12.6. The van der Waals surface area contributed by atoms with Crippen LogP contribution in [-0.4, -0.2) is 0 Å². The number of hydrogen-bond donors (Lipinski definition) is 1. The molecule has 1 aromatic rings. The Kier molecular flexibility index (Phi) is 3.60. The fourth-order valence-electron chi connectivity index (χ4n) is 1.26. The molecule has 0 aliphatic carbocycles. The lowest BCUT2D eigenvalue weighted by molar-refractivity contribution is 0.0168. The van der Waals surface area contributed by atoms with E-state index in [9.17, 15) is 17.6 Å². The fraction of sp³-hybridized carbons (Fsp3) is 0.400. The molecule has 6 heteroatoms. The Bertz CT molecular complexity index is 349. The van der Waals surface area contributed by atoms with Crippen molar-refractivity contribution in [3.63, 3.8) is 0 Å². The van der Waals surface area contributed by atoms with Gasteiger partial charge in [-0.25, -0.2) is 8.78 Å². The maximum atomic E-state index is 13.0. The van der Waals surface area contributed by atoms with Gasteiger partial charge in [-0.2, -0.15) is 8.78 Å². The zero-order valence-corrected chi connectivity index (χ0v) is 9.76. The summed E-state index contributed by atoms with van der Waals surface area (Å²) in [6.45, 7) is 0.602. The van der Waals surface area contributed by atoms with Crippen molar-refractivity contribution in [3.05, 3.63) is 34.9 Å². The van der Waals surface area contributed by atoms with Gasteiger partial charge in [-0.05, 0) is 23.8 Å². The maximum Gasteiger partial charge on any atom is 0.283 e. The Balaban J connectivity index is 3.33. The fourth-order valence-corrected chi connectivity index (χ4v) is 1.42. The minimum Gasteiger partial charge on any atom is -0.326 e. The molecule has 0 aromatic heterocycles. The molecule has 16 heavy (non-hydrogen) atoms. The molecule has 0 radical (unpaired) electrons. The lowest BCUT2D eigenvalue weighted by Crippen LogP contribution is -2.12. The highest BCUT2D eigenvalue weighted by Crippen LogP contribution is 2.38. The van der Waals surface area contributed by atoms with Crippen molar-refractivity contribution in [1.29, 1.82) is 0 Å². The highest BCUT2D eigenvalue weighted by Gasteiger charge is 2.30. The van der Waals surface area contributed by atoms with Crippen molar-refractivity contribution in [2.45, 2.75) is 25.1 Å². The Morgan fingerprint density at radius 3 is 2.00 bits per heavy atom. The largest absolute Gasteiger partial charge is 0.326 e. The van der Waals surface area contributed by atoms with Crippen molar-refractivity contribution < 1.29 is 17.6 Å².